The van der Waals surface area contributed by atoms with E-state index in [2.05, 4.69) is 0 Å². The molecule has 5 nitrogen and oxygen atoms in total. The van der Waals surface area contributed by atoms with Crippen molar-refractivity contribution < 1.29 is 19.4 Å². The Morgan fingerprint density at radius 3 is 2.71 bits per heavy atom. The van der Waals surface area contributed by atoms with Crippen LogP contribution in [0.5, 0.6) is 0 Å². The molecule has 0 radical (unpaired) electrons. The Labute approximate surface area is 123 Å². The number of hydrogen-bond donors (Lipinski definition) is 1. The molecule has 1 saturated heterocycles. The van der Waals surface area contributed by atoms with Crippen molar-refractivity contribution in [2.45, 2.75) is 25.5 Å². The molecule has 0 spiro atoms. The summed E-state index contributed by atoms with van der Waals surface area (Å²) in [5, 5.41) is 9.20. The molecule has 112 valence electrons. The van der Waals surface area contributed by atoms with E-state index in [0.29, 0.717) is 13.0 Å². The summed E-state index contributed by atoms with van der Waals surface area (Å²) in [5.41, 5.74) is 2.01. The quantitative estimate of drug-likeness (QED) is 0.857. The van der Waals surface area contributed by atoms with E-state index in [1.54, 1.807) is 6.08 Å². The second kappa shape index (κ2) is 6.54. The fourth-order valence-electron chi connectivity index (χ4n) is 2.48. The highest BCUT2D eigenvalue weighted by Gasteiger charge is 2.38. The first kappa shape index (κ1) is 15.3. The Hall–Kier alpha value is -2.14. The molecule has 0 bridgehead atoms. The number of carboxylic acid groups (broad SMARTS) is 1. The van der Waals surface area contributed by atoms with Gasteiger partial charge in [0.05, 0.1) is 6.10 Å². The number of likely N-dealkylation sites (tertiary alicyclic amines) is 1. The third-order valence-electron chi connectivity index (χ3n) is 3.76. The van der Waals surface area contributed by atoms with Gasteiger partial charge in [0.15, 0.2) is 0 Å². The Balaban J connectivity index is 2.12. The van der Waals surface area contributed by atoms with E-state index in [0.717, 1.165) is 11.1 Å². The second-order valence-corrected chi connectivity index (χ2v) is 5.13. The third-order valence-corrected chi connectivity index (χ3v) is 3.76. The second-order valence-electron chi connectivity index (χ2n) is 5.13. The molecular formula is C16H19NO4. The van der Waals surface area contributed by atoms with Crippen molar-refractivity contribution in [3.8, 4) is 0 Å². The van der Waals surface area contributed by atoms with E-state index in [9.17, 15) is 14.7 Å². The summed E-state index contributed by atoms with van der Waals surface area (Å²) < 4.78 is 5.17. The SMILES string of the molecule is COC1CC(C(=O)O)N(C(=O)/C=C/c2ccccc2C)C1. The fraction of sp³-hybridized carbons (Fsp3) is 0.375. The molecule has 1 fully saturated rings. The highest BCUT2D eigenvalue weighted by molar-refractivity contribution is 5.95. The zero-order chi connectivity index (χ0) is 15.4. The Kier molecular flexibility index (Phi) is 4.75. The number of benzene rings is 1. The molecule has 2 unspecified atom stereocenters. The van der Waals surface area contributed by atoms with Crippen LogP contribution in [0.15, 0.2) is 30.3 Å². The molecule has 2 atom stereocenters. The third kappa shape index (κ3) is 3.49. The van der Waals surface area contributed by atoms with Crippen LogP contribution in [0, 0.1) is 6.92 Å². The van der Waals surface area contributed by atoms with Gasteiger partial charge < -0.3 is 14.7 Å². The molecule has 21 heavy (non-hydrogen) atoms. The molecule has 1 heterocycles. The molecule has 1 aliphatic rings. The van der Waals surface area contributed by atoms with E-state index in [1.807, 2.05) is 31.2 Å². The molecule has 1 aromatic rings. The monoisotopic (exact) mass is 289 g/mol. The summed E-state index contributed by atoms with van der Waals surface area (Å²) in [7, 11) is 1.53. The van der Waals surface area contributed by atoms with Crippen molar-refractivity contribution in [3.05, 3.63) is 41.5 Å². The lowest BCUT2D eigenvalue weighted by Gasteiger charge is -2.19. The first-order valence-electron chi connectivity index (χ1n) is 6.83. The largest absolute Gasteiger partial charge is 0.480 e. The number of ether oxygens (including phenoxy) is 1. The van der Waals surface area contributed by atoms with Gasteiger partial charge in [0, 0.05) is 26.2 Å². The average Bonchev–Trinajstić information content (AvgIpc) is 2.90. The molecule has 0 aliphatic carbocycles. The van der Waals surface area contributed by atoms with Crippen LogP contribution in [0.2, 0.25) is 0 Å². The smallest absolute Gasteiger partial charge is 0.326 e. The van der Waals surface area contributed by atoms with Crippen LogP contribution in [0.3, 0.4) is 0 Å². The highest BCUT2D eigenvalue weighted by Crippen LogP contribution is 2.21. The first-order valence-corrected chi connectivity index (χ1v) is 6.83. The Bertz CT molecular complexity index is 567. The standard InChI is InChI=1S/C16H19NO4/c1-11-5-3-4-6-12(11)7-8-15(18)17-10-13(21-2)9-14(17)16(19)20/h3-8,13-14H,9-10H2,1-2H3,(H,19,20)/b8-7+. The van der Waals surface area contributed by atoms with Gasteiger partial charge in [-0.3, -0.25) is 4.79 Å². The summed E-state index contributed by atoms with van der Waals surface area (Å²) in [6.45, 7) is 2.27. The number of hydrogen-bond acceptors (Lipinski definition) is 3. The molecule has 2 rings (SSSR count). The predicted octanol–water partition coefficient (Wildman–Crippen LogP) is 1.71. The minimum atomic E-state index is -0.993. The molecule has 1 aromatic carbocycles. The van der Waals surface area contributed by atoms with E-state index < -0.39 is 12.0 Å². The summed E-state index contributed by atoms with van der Waals surface area (Å²) >= 11 is 0. The van der Waals surface area contributed by atoms with Crippen LogP contribution in [0.1, 0.15) is 17.5 Å². The van der Waals surface area contributed by atoms with E-state index in [1.165, 1.54) is 18.1 Å². The zero-order valence-electron chi connectivity index (χ0n) is 12.2. The van der Waals surface area contributed by atoms with Crippen LogP contribution in [-0.2, 0) is 14.3 Å². The van der Waals surface area contributed by atoms with Gasteiger partial charge in [-0.1, -0.05) is 24.3 Å². The van der Waals surface area contributed by atoms with Crippen molar-refractivity contribution in [3.63, 3.8) is 0 Å². The number of amides is 1. The number of nitrogens with zero attached hydrogens (tertiary/aromatic N) is 1. The molecule has 0 aromatic heterocycles. The Morgan fingerprint density at radius 1 is 1.38 bits per heavy atom. The maximum Gasteiger partial charge on any atom is 0.326 e. The minimum absolute atomic E-state index is 0.220. The van der Waals surface area contributed by atoms with Gasteiger partial charge in [0.1, 0.15) is 6.04 Å². The van der Waals surface area contributed by atoms with Crippen LogP contribution in [-0.4, -0.2) is 47.7 Å². The van der Waals surface area contributed by atoms with Gasteiger partial charge in [0.25, 0.3) is 0 Å². The number of carbonyl (C=O) groups excluding carboxylic acids is 1. The summed E-state index contributed by atoms with van der Waals surface area (Å²) in [6, 6.07) is 6.88. The molecule has 0 saturated carbocycles. The van der Waals surface area contributed by atoms with Crippen molar-refractivity contribution in [2.75, 3.05) is 13.7 Å². The molecule has 1 amide bonds. The van der Waals surface area contributed by atoms with Gasteiger partial charge in [-0.15, -0.1) is 0 Å². The fourth-order valence-corrected chi connectivity index (χ4v) is 2.48. The number of aliphatic carboxylic acids is 1. The normalized spacial score (nSPS) is 21.9. The lowest BCUT2D eigenvalue weighted by Crippen LogP contribution is -2.39. The average molecular weight is 289 g/mol. The highest BCUT2D eigenvalue weighted by atomic mass is 16.5. The van der Waals surface area contributed by atoms with Crippen molar-refractivity contribution in [1.82, 2.24) is 4.90 Å². The van der Waals surface area contributed by atoms with Crippen LogP contribution >= 0.6 is 0 Å². The van der Waals surface area contributed by atoms with Gasteiger partial charge >= 0.3 is 5.97 Å². The molecule has 1 N–H and O–H groups in total. The van der Waals surface area contributed by atoms with Crippen LogP contribution in [0.4, 0.5) is 0 Å². The lowest BCUT2D eigenvalue weighted by atomic mass is 10.1. The maximum atomic E-state index is 12.2. The number of rotatable bonds is 4. The minimum Gasteiger partial charge on any atom is -0.480 e. The molecular weight excluding hydrogens is 270 g/mol. The van der Waals surface area contributed by atoms with Crippen LogP contribution in [0.25, 0.3) is 6.08 Å². The van der Waals surface area contributed by atoms with Crippen molar-refractivity contribution in [1.29, 1.82) is 0 Å². The number of carbonyl (C=O) groups is 2. The Morgan fingerprint density at radius 2 is 2.10 bits per heavy atom. The predicted molar refractivity (Wildman–Crippen MR) is 78.8 cm³/mol. The van der Waals surface area contributed by atoms with Crippen molar-refractivity contribution >= 4 is 18.0 Å². The number of carboxylic acids is 1. The summed E-state index contributed by atoms with van der Waals surface area (Å²) in [6.07, 6.45) is 3.25. The summed E-state index contributed by atoms with van der Waals surface area (Å²) in [4.78, 5) is 24.8. The summed E-state index contributed by atoms with van der Waals surface area (Å²) in [5.74, 6) is -1.29. The van der Waals surface area contributed by atoms with Crippen LogP contribution < -0.4 is 0 Å². The first-order chi connectivity index (χ1) is 10.0. The van der Waals surface area contributed by atoms with Gasteiger partial charge in [-0.2, -0.15) is 0 Å². The van der Waals surface area contributed by atoms with Gasteiger partial charge in [-0.25, -0.2) is 4.79 Å². The van der Waals surface area contributed by atoms with E-state index >= 15 is 0 Å². The van der Waals surface area contributed by atoms with E-state index in [-0.39, 0.29) is 12.0 Å². The van der Waals surface area contributed by atoms with Gasteiger partial charge in [-0.05, 0) is 24.1 Å². The lowest BCUT2D eigenvalue weighted by molar-refractivity contribution is -0.146. The maximum absolute atomic E-state index is 12.2. The van der Waals surface area contributed by atoms with E-state index in [4.69, 9.17) is 4.74 Å². The number of methoxy groups -OCH3 is 1. The molecule has 5 heteroatoms. The van der Waals surface area contributed by atoms with Gasteiger partial charge in [0.2, 0.25) is 5.91 Å². The molecule has 1 aliphatic heterocycles. The number of aryl methyl sites for hydroxylation is 1. The van der Waals surface area contributed by atoms with Crippen molar-refractivity contribution in [2.24, 2.45) is 0 Å². The topological polar surface area (TPSA) is 66.8 Å². The zero-order valence-corrected chi connectivity index (χ0v) is 12.2.